The van der Waals surface area contributed by atoms with E-state index in [1.165, 1.54) is 0 Å². The summed E-state index contributed by atoms with van der Waals surface area (Å²) in [6, 6.07) is 2.21. The van der Waals surface area contributed by atoms with Crippen LogP contribution in [0.5, 0.6) is 0 Å². The van der Waals surface area contributed by atoms with Crippen LogP contribution >= 0.6 is 0 Å². The summed E-state index contributed by atoms with van der Waals surface area (Å²) in [6.07, 6.45) is -1.40. The second-order valence-electron chi connectivity index (χ2n) is 3.63. The molecule has 3 N–H and O–H groups in total. The Hall–Kier alpha value is -1.51. The molecule has 2 atom stereocenters. The predicted molar refractivity (Wildman–Crippen MR) is 59.8 cm³/mol. The van der Waals surface area contributed by atoms with Crippen LogP contribution in [-0.2, 0) is 14.8 Å². The molecule has 0 amide bonds. The molecule has 0 heterocycles. The Balaban J connectivity index is 3.01. The zero-order chi connectivity index (χ0) is 13.9. The molecule has 100 valence electrons. The van der Waals surface area contributed by atoms with Crippen LogP contribution in [0.25, 0.3) is 0 Å². The van der Waals surface area contributed by atoms with E-state index in [-0.39, 0.29) is 4.90 Å². The van der Waals surface area contributed by atoms with Gasteiger partial charge in [0.2, 0.25) is 10.0 Å². The monoisotopic (exact) mass is 277 g/mol. The van der Waals surface area contributed by atoms with Gasteiger partial charge in [-0.1, -0.05) is 0 Å². The van der Waals surface area contributed by atoms with E-state index in [9.17, 15) is 17.6 Å². The molecule has 0 aliphatic carbocycles. The van der Waals surface area contributed by atoms with Crippen LogP contribution in [0.4, 0.5) is 4.39 Å². The molecule has 1 aromatic carbocycles. The minimum atomic E-state index is -4.12. The number of carboxylic acids is 1. The van der Waals surface area contributed by atoms with Gasteiger partial charge in [-0.05, 0) is 31.2 Å². The van der Waals surface area contributed by atoms with Gasteiger partial charge in [0, 0.05) is 0 Å². The van der Waals surface area contributed by atoms with E-state index in [4.69, 9.17) is 10.2 Å². The minimum Gasteiger partial charge on any atom is -0.480 e. The first-order chi connectivity index (χ1) is 8.24. The van der Waals surface area contributed by atoms with E-state index in [0.717, 1.165) is 31.2 Å². The molecule has 0 aliphatic rings. The molecule has 0 unspecified atom stereocenters. The van der Waals surface area contributed by atoms with Crippen molar-refractivity contribution in [2.24, 2.45) is 0 Å². The first kappa shape index (κ1) is 14.6. The van der Waals surface area contributed by atoms with Crippen LogP contribution < -0.4 is 4.72 Å². The number of carboxylic acid groups (broad SMARTS) is 1. The van der Waals surface area contributed by atoms with Crippen molar-refractivity contribution in [2.75, 3.05) is 0 Å². The maximum atomic E-state index is 12.6. The number of halogens is 1. The van der Waals surface area contributed by atoms with Gasteiger partial charge in [-0.3, -0.25) is 4.79 Å². The van der Waals surface area contributed by atoms with Gasteiger partial charge in [-0.25, -0.2) is 12.8 Å². The quantitative estimate of drug-likeness (QED) is 0.699. The summed E-state index contributed by atoms with van der Waals surface area (Å²) in [4.78, 5) is 10.5. The molecule has 0 fully saturated rings. The summed E-state index contributed by atoms with van der Waals surface area (Å²) in [7, 11) is -4.12. The zero-order valence-electron chi connectivity index (χ0n) is 9.37. The average Bonchev–Trinajstić information content (AvgIpc) is 2.26. The van der Waals surface area contributed by atoms with E-state index < -0.39 is 34.0 Å². The number of hydrogen-bond acceptors (Lipinski definition) is 4. The molecule has 0 bridgehead atoms. The second-order valence-corrected chi connectivity index (χ2v) is 5.35. The highest BCUT2D eigenvalue weighted by molar-refractivity contribution is 7.89. The molecular weight excluding hydrogens is 265 g/mol. The number of rotatable bonds is 5. The van der Waals surface area contributed by atoms with Crippen molar-refractivity contribution in [2.45, 2.75) is 24.0 Å². The average molecular weight is 277 g/mol. The highest BCUT2D eigenvalue weighted by Gasteiger charge is 2.29. The SMILES string of the molecule is C[C@H](O)[C@@H](NS(=O)(=O)c1ccc(F)cc1)C(=O)O. The molecule has 18 heavy (non-hydrogen) atoms. The van der Waals surface area contributed by atoms with Crippen molar-refractivity contribution in [1.29, 1.82) is 0 Å². The number of hydrogen-bond donors (Lipinski definition) is 3. The number of aliphatic hydroxyl groups is 1. The van der Waals surface area contributed by atoms with Crippen molar-refractivity contribution in [1.82, 2.24) is 4.72 Å². The van der Waals surface area contributed by atoms with Crippen LogP contribution in [0.3, 0.4) is 0 Å². The number of aliphatic hydroxyl groups excluding tert-OH is 1. The molecule has 8 heteroatoms. The Morgan fingerprint density at radius 2 is 1.83 bits per heavy atom. The summed E-state index contributed by atoms with van der Waals surface area (Å²) in [5, 5.41) is 17.9. The molecular formula is C10H12FNO5S. The van der Waals surface area contributed by atoms with E-state index in [0.29, 0.717) is 0 Å². The first-order valence-electron chi connectivity index (χ1n) is 4.93. The van der Waals surface area contributed by atoms with Gasteiger partial charge >= 0.3 is 5.97 Å². The lowest BCUT2D eigenvalue weighted by Crippen LogP contribution is -2.47. The Kier molecular flexibility index (Phi) is 4.38. The van der Waals surface area contributed by atoms with Crippen molar-refractivity contribution in [3.8, 4) is 0 Å². The molecule has 0 spiro atoms. The summed E-state index contributed by atoms with van der Waals surface area (Å²) < 4.78 is 38.0. The number of aliphatic carboxylic acids is 1. The maximum Gasteiger partial charge on any atom is 0.324 e. The van der Waals surface area contributed by atoms with Gasteiger partial charge in [-0.2, -0.15) is 4.72 Å². The summed E-state index contributed by atoms with van der Waals surface area (Å²) in [5.41, 5.74) is 0. The van der Waals surface area contributed by atoms with Gasteiger partial charge < -0.3 is 10.2 Å². The predicted octanol–water partition coefficient (Wildman–Crippen LogP) is -0.0620. The highest BCUT2D eigenvalue weighted by Crippen LogP contribution is 2.11. The molecule has 0 aliphatic heterocycles. The van der Waals surface area contributed by atoms with Crippen molar-refractivity contribution in [3.05, 3.63) is 30.1 Å². The normalized spacial score (nSPS) is 15.1. The van der Waals surface area contributed by atoms with Crippen LogP contribution in [-0.4, -0.2) is 36.7 Å². The van der Waals surface area contributed by atoms with Gasteiger partial charge in [0.25, 0.3) is 0 Å². The fraction of sp³-hybridized carbons (Fsp3) is 0.300. The van der Waals surface area contributed by atoms with Crippen LogP contribution in [0.2, 0.25) is 0 Å². The van der Waals surface area contributed by atoms with Gasteiger partial charge in [0.05, 0.1) is 11.0 Å². The van der Waals surface area contributed by atoms with Crippen LogP contribution in [0, 0.1) is 5.82 Å². The largest absolute Gasteiger partial charge is 0.480 e. The Morgan fingerprint density at radius 3 is 2.22 bits per heavy atom. The lowest BCUT2D eigenvalue weighted by Gasteiger charge is -2.17. The van der Waals surface area contributed by atoms with Gasteiger partial charge in [-0.15, -0.1) is 0 Å². The van der Waals surface area contributed by atoms with E-state index >= 15 is 0 Å². The first-order valence-corrected chi connectivity index (χ1v) is 6.41. The fourth-order valence-corrected chi connectivity index (χ4v) is 2.47. The third-order valence-electron chi connectivity index (χ3n) is 2.15. The number of benzene rings is 1. The summed E-state index contributed by atoms with van der Waals surface area (Å²) >= 11 is 0. The summed E-state index contributed by atoms with van der Waals surface area (Å²) in [5.74, 6) is -2.12. The molecule has 6 nitrogen and oxygen atoms in total. The van der Waals surface area contributed by atoms with E-state index in [1.807, 2.05) is 4.72 Å². The fourth-order valence-electron chi connectivity index (χ4n) is 1.20. The lowest BCUT2D eigenvalue weighted by atomic mass is 10.2. The van der Waals surface area contributed by atoms with Crippen LogP contribution in [0.15, 0.2) is 29.2 Å². The third kappa shape index (κ3) is 3.49. The molecule has 1 rings (SSSR count). The molecule has 0 saturated heterocycles. The van der Waals surface area contributed by atoms with E-state index in [1.54, 1.807) is 0 Å². The van der Waals surface area contributed by atoms with Crippen molar-refractivity contribution < 1.29 is 27.8 Å². The van der Waals surface area contributed by atoms with Crippen LogP contribution in [0.1, 0.15) is 6.92 Å². The van der Waals surface area contributed by atoms with Gasteiger partial charge in [0.15, 0.2) is 0 Å². The highest BCUT2D eigenvalue weighted by atomic mass is 32.2. The maximum absolute atomic E-state index is 12.6. The summed E-state index contributed by atoms with van der Waals surface area (Å²) in [6.45, 7) is 1.14. The zero-order valence-corrected chi connectivity index (χ0v) is 10.2. The third-order valence-corrected chi connectivity index (χ3v) is 3.61. The van der Waals surface area contributed by atoms with Crippen molar-refractivity contribution >= 4 is 16.0 Å². The Bertz CT molecular complexity index is 526. The molecule has 0 saturated carbocycles. The number of nitrogens with one attached hydrogen (secondary N) is 1. The number of carbonyl (C=O) groups is 1. The van der Waals surface area contributed by atoms with E-state index in [2.05, 4.69) is 0 Å². The Labute approximate surface area is 103 Å². The Morgan fingerprint density at radius 1 is 1.33 bits per heavy atom. The van der Waals surface area contributed by atoms with Gasteiger partial charge in [0.1, 0.15) is 11.9 Å². The molecule has 0 aromatic heterocycles. The smallest absolute Gasteiger partial charge is 0.324 e. The standard InChI is InChI=1S/C10H12FNO5S/c1-6(13)9(10(14)15)12-18(16,17)8-4-2-7(11)3-5-8/h2-6,9,12-13H,1H3,(H,14,15)/t6-,9+/m0/s1. The number of sulfonamides is 1. The lowest BCUT2D eigenvalue weighted by molar-refractivity contribution is -0.141. The molecule has 0 radical (unpaired) electrons. The molecule has 1 aromatic rings. The van der Waals surface area contributed by atoms with Crippen molar-refractivity contribution in [3.63, 3.8) is 0 Å². The minimum absolute atomic E-state index is 0.282. The topological polar surface area (TPSA) is 104 Å². The second kappa shape index (κ2) is 5.42.